The second kappa shape index (κ2) is 6.90. The Labute approximate surface area is 167 Å². The second-order valence-electron chi connectivity index (χ2n) is 8.01. The molecule has 0 spiro atoms. The van der Waals surface area contributed by atoms with Gasteiger partial charge in [0.1, 0.15) is 0 Å². The summed E-state index contributed by atoms with van der Waals surface area (Å²) < 4.78 is 1.33. The number of nitrogens with zero attached hydrogens (tertiary/aromatic N) is 2. The van der Waals surface area contributed by atoms with Crippen LogP contribution in [0.5, 0.6) is 0 Å². The molecule has 1 saturated heterocycles. The van der Waals surface area contributed by atoms with E-state index < -0.39 is 0 Å². The van der Waals surface area contributed by atoms with Crippen LogP contribution >= 0.6 is 11.6 Å². The number of aromatic amines is 1. The maximum Gasteiger partial charge on any atom is 0.328 e. The third-order valence-electron chi connectivity index (χ3n) is 6.47. The molecule has 5 nitrogen and oxygen atoms in total. The number of rotatable bonds is 4. The summed E-state index contributed by atoms with van der Waals surface area (Å²) in [6, 6.07) is 15.4. The van der Waals surface area contributed by atoms with Crippen molar-refractivity contribution in [3.05, 3.63) is 80.0 Å². The zero-order chi connectivity index (χ0) is 19.3. The van der Waals surface area contributed by atoms with E-state index in [2.05, 4.69) is 22.0 Å². The Bertz CT molecular complexity index is 1130. The Hall–Kier alpha value is -2.37. The number of hydrogen-bond acceptors (Lipinski definition) is 3. The predicted molar refractivity (Wildman–Crippen MR) is 111 cm³/mol. The van der Waals surface area contributed by atoms with Gasteiger partial charge in [-0.3, -0.25) is 9.36 Å². The fourth-order valence-electron chi connectivity index (χ4n) is 4.92. The normalized spacial score (nSPS) is 24.2. The minimum Gasteiger partial charge on any atom is -0.307 e. The number of H-pyrrole nitrogens is 1. The lowest BCUT2D eigenvalue weighted by molar-refractivity contribution is 0.191. The lowest BCUT2D eigenvalue weighted by Crippen LogP contribution is -2.38. The topological polar surface area (TPSA) is 58.1 Å². The molecule has 0 bridgehead atoms. The Kier molecular flexibility index (Phi) is 4.37. The first-order valence-electron chi connectivity index (χ1n) is 9.80. The molecule has 0 radical (unpaired) electrons. The van der Waals surface area contributed by atoms with Gasteiger partial charge in [0, 0.05) is 31.2 Å². The van der Waals surface area contributed by atoms with E-state index in [1.807, 2.05) is 24.3 Å². The number of nitrogens with one attached hydrogen (secondary N) is 1. The molecule has 6 heteroatoms. The summed E-state index contributed by atoms with van der Waals surface area (Å²) in [5.74, 6) is 1.97. The average Bonchev–Trinajstić information content (AvgIpc) is 2.99. The van der Waals surface area contributed by atoms with E-state index in [-0.39, 0.29) is 11.2 Å². The van der Waals surface area contributed by atoms with Crippen LogP contribution in [-0.4, -0.2) is 34.1 Å². The van der Waals surface area contributed by atoms with E-state index in [0.29, 0.717) is 35.2 Å². The number of aromatic nitrogens is 2. The Morgan fingerprint density at radius 2 is 1.79 bits per heavy atom. The summed E-state index contributed by atoms with van der Waals surface area (Å²) in [6.07, 6.45) is 1.21. The number of benzene rings is 2. The maximum absolute atomic E-state index is 12.7. The highest BCUT2D eigenvalue weighted by Crippen LogP contribution is 2.51. The first kappa shape index (κ1) is 17.7. The lowest BCUT2D eigenvalue weighted by atomic mass is 9.64. The summed E-state index contributed by atoms with van der Waals surface area (Å²) in [5, 5.41) is 1.34. The molecule has 2 aromatic carbocycles. The zero-order valence-corrected chi connectivity index (χ0v) is 16.2. The van der Waals surface area contributed by atoms with E-state index in [0.717, 1.165) is 24.7 Å². The molecule has 2 fully saturated rings. The Morgan fingerprint density at radius 1 is 1.00 bits per heavy atom. The van der Waals surface area contributed by atoms with Crippen molar-refractivity contribution in [2.75, 3.05) is 19.6 Å². The lowest BCUT2D eigenvalue weighted by Gasteiger charge is -2.40. The van der Waals surface area contributed by atoms with Crippen molar-refractivity contribution in [3.8, 4) is 0 Å². The van der Waals surface area contributed by atoms with E-state index in [1.165, 1.54) is 16.6 Å². The van der Waals surface area contributed by atoms with Gasteiger partial charge >= 0.3 is 5.69 Å². The van der Waals surface area contributed by atoms with E-state index >= 15 is 0 Å². The monoisotopic (exact) mass is 395 g/mol. The van der Waals surface area contributed by atoms with Crippen LogP contribution in [0.3, 0.4) is 0 Å². The first-order chi connectivity index (χ1) is 13.6. The standard InChI is InChI=1S/C22H22ClN3O2/c23-16-7-5-14(6-8-16)18-11-15-12-25(13-19(15)18)9-10-26-21(27)17-3-1-2-4-20(17)24-22(26)28/h1-8,15,18-19H,9-13H2,(H,24,28). The van der Waals surface area contributed by atoms with Crippen molar-refractivity contribution in [2.24, 2.45) is 11.8 Å². The third-order valence-corrected chi connectivity index (χ3v) is 6.72. The first-order valence-corrected chi connectivity index (χ1v) is 10.2. The number of hydrogen-bond donors (Lipinski definition) is 1. The van der Waals surface area contributed by atoms with Gasteiger partial charge < -0.3 is 9.88 Å². The minimum atomic E-state index is -0.329. The molecule has 1 saturated carbocycles. The largest absolute Gasteiger partial charge is 0.328 e. The molecule has 1 aliphatic heterocycles. The third kappa shape index (κ3) is 2.99. The molecule has 3 aromatic rings. The van der Waals surface area contributed by atoms with Gasteiger partial charge in [-0.2, -0.15) is 0 Å². The van der Waals surface area contributed by atoms with Gasteiger partial charge in [-0.15, -0.1) is 0 Å². The number of fused-ring (bicyclic) bond motifs is 2. The van der Waals surface area contributed by atoms with Crippen molar-refractivity contribution < 1.29 is 0 Å². The Balaban J connectivity index is 1.28. The molecular weight excluding hydrogens is 374 g/mol. The van der Waals surface area contributed by atoms with Crippen molar-refractivity contribution >= 4 is 22.5 Å². The Morgan fingerprint density at radius 3 is 2.61 bits per heavy atom. The van der Waals surface area contributed by atoms with Gasteiger partial charge in [-0.25, -0.2) is 4.79 Å². The van der Waals surface area contributed by atoms with Gasteiger partial charge in [0.2, 0.25) is 0 Å². The highest BCUT2D eigenvalue weighted by atomic mass is 35.5. The number of halogens is 1. The zero-order valence-electron chi connectivity index (χ0n) is 15.5. The molecular formula is C22H22ClN3O2. The maximum atomic E-state index is 12.7. The summed E-state index contributed by atoms with van der Waals surface area (Å²) in [6.45, 7) is 3.22. The minimum absolute atomic E-state index is 0.208. The highest BCUT2D eigenvalue weighted by Gasteiger charge is 2.47. The highest BCUT2D eigenvalue weighted by molar-refractivity contribution is 6.30. The molecule has 144 valence electrons. The SMILES string of the molecule is O=c1[nH]c2ccccc2c(=O)n1CCN1CC2CC(c3ccc(Cl)cc3)C2C1. The number of likely N-dealkylation sites (tertiary alicyclic amines) is 1. The van der Waals surface area contributed by atoms with Gasteiger partial charge in [0.05, 0.1) is 10.9 Å². The van der Waals surface area contributed by atoms with Crippen LogP contribution in [0.4, 0.5) is 0 Å². The van der Waals surface area contributed by atoms with Crippen molar-refractivity contribution in [2.45, 2.75) is 18.9 Å². The van der Waals surface area contributed by atoms with Gasteiger partial charge in [-0.1, -0.05) is 35.9 Å². The molecule has 1 N–H and O–H groups in total. The van der Waals surface area contributed by atoms with Crippen LogP contribution in [0.15, 0.2) is 58.1 Å². The van der Waals surface area contributed by atoms with Gasteiger partial charge in [-0.05, 0) is 54.0 Å². The van der Waals surface area contributed by atoms with Crippen molar-refractivity contribution in [3.63, 3.8) is 0 Å². The molecule has 1 aliphatic carbocycles. The molecule has 1 aromatic heterocycles. The van der Waals surface area contributed by atoms with E-state index in [1.54, 1.807) is 12.1 Å². The van der Waals surface area contributed by atoms with Crippen molar-refractivity contribution in [1.82, 2.24) is 14.5 Å². The molecule has 3 unspecified atom stereocenters. The molecule has 2 aliphatic rings. The summed E-state index contributed by atoms with van der Waals surface area (Å²) in [5.41, 5.74) is 1.43. The van der Waals surface area contributed by atoms with Crippen molar-refractivity contribution in [1.29, 1.82) is 0 Å². The van der Waals surface area contributed by atoms with E-state index in [9.17, 15) is 9.59 Å². The van der Waals surface area contributed by atoms with Gasteiger partial charge in [0.25, 0.3) is 5.56 Å². The fourth-order valence-corrected chi connectivity index (χ4v) is 5.04. The van der Waals surface area contributed by atoms with Crippen LogP contribution in [0.1, 0.15) is 17.9 Å². The summed E-state index contributed by atoms with van der Waals surface area (Å²) in [7, 11) is 0. The smallest absolute Gasteiger partial charge is 0.307 e. The van der Waals surface area contributed by atoms with Crippen LogP contribution in [0.2, 0.25) is 5.02 Å². The fraction of sp³-hybridized carbons (Fsp3) is 0.364. The quantitative estimate of drug-likeness (QED) is 0.738. The molecule has 0 amide bonds. The summed E-state index contributed by atoms with van der Waals surface area (Å²) in [4.78, 5) is 30.2. The van der Waals surface area contributed by atoms with Crippen LogP contribution in [-0.2, 0) is 6.54 Å². The summed E-state index contributed by atoms with van der Waals surface area (Å²) >= 11 is 6.01. The predicted octanol–water partition coefficient (Wildman–Crippen LogP) is 3.08. The van der Waals surface area contributed by atoms with Crippen LogP contribution < -0.4 is 11.2 Å². The average molecular weight is 396 g/mol. The molecule has 3 atom stereocenters. The van der Waals surface area contributed by atoms with Crippen LogP contribution in [0.25, 0.3) is 10.9 Å². The second-order valence-corrected chi connectivity index (χ2v) is 8.45. The van der Waals surface area contributed by atoms with Gasteiger partial charge in [0.15, 0.2) is 0 Å². The molecule has 5 rings (SSSR count). The van der Waals surface area contributed by atoms with E-state index in [4.69, 9.17) is 11.6 Å². The van der Waals surface area contributed by atoms with Crippen LogP contribution in [0, 0.1) is 11.8 Å². The molecule has 28 heavy (non-hydrogen) atoms. The number of para-hydroxylation sites is 1. The molecule has 2 heterocycles.